The maximum absolute atomic E-state index is 11.4. The van der Waals surface area contributed by atoms with Gasteiger partial charge in [-0.05, 0) is 38.9 Å². The number of nitrogens with zero attached hydrogens (tertiary/aromatic N) is 1. The monoisotopic (exact) mass is 234 g/mol. The van der Waals surface area contributed by atoms with Crippen LogP contribution < -0.4 is 5.32 Å². The van der Waals surface area contributed by atoms with E-state index in [2.05, 4.69) is 37.4 Å². The number of carbonyl (C=O) groups is 1. The van der Waals surface area contributed by atoms with Crippen molar-refractivity contribution < 1.29 is 4.79 Å². The van der Waals surface area contributed by atoms with Gasteiger partial charge < -0.3 is 5.32 Å². The van der Waals surface area contributed by atoms with Gasteiger partial charge in [-0.25, -0.2) is 0 Å². The number of nitrogens with one attached hydrogen (secondary N) is 1. The summed E-state index contributed by atoms with van der Waals surface area (Å²) in [5.41, 5.74) is 3.84. The molecule has 1 rings (SSSR count). The smallest absolute Gasteiger partial charge is 0.234 e. The van der Waals surface area contributed by atoms with E-state index >= 15 is 0 Å². The first-order valence-electron chi connectivity index (χ1n) is 6.04. The van der Waals surface area contributed by atoms with Gasteiger partial charge in [-0.2, -0.15) is 0 Å². The molecule has 0 saturated heterocycles. The maximum atomic E-state index is 11.4. The Hall–Kier alpha value is -1.35. The molecule has 0 atom stereocenters. The molecule has 3 heteroatoms. The summed E-state index contributed by atoms with van der Waals surface area (Å²) in [5.74, 6) is 0.0831. The number of hydrogen-bond acceptors (Lipinski definition) is 2. The van der Waals surface area contributed by atoms with Crippen LogP contribution in [-0.2, 0) is 11.3 Å². The summed E-state index contributed by atoms with van der Waals surface area (Å²) in [6.07, 6.45) is 0. The SMILES string of the molecule is CCNC(=O)CN(C)Cc1ccc(C)cc1C. The van der Waals surface area contributed by atoms with E-state index < -0.39 is 0 Å². The molecular weight excluding hydrogens is 212 g/mol. The molecule has 0 heterocycles. The van der Waals surface area contributed by atoms with Crippen molar-refractivity contribution in [3.63, 3.8) is 0 Å². The zero-order chi connectivity index (χ0) is 12.8. The quantitative estimate of drug-likeness (QED) is 0.843. The number of carbonyl (C=O) groups excluding carboxylic acids is 1. The molecule has 0 aliphatic heterocycles. The van der Waals surface area contributed by atoms with Crippen LogP contribution in [0, 0.1) is 13.8 Å². The molecule has 0 unspecified atom stereocenters. The van der Waals surface area contributed by atoms with Crippen LogP contribution in [0.3, 0.4) is 0 Å². The van der Waals surface area contributed by atoms with Crippen molar-refractivity contribution in [3.05, 3.63) is 34.9 Å². The van der Waals surface area contributed by atoms with Crippen molar-refractivity contribution in [2.24, 2.45) is 0 Å². The first-order chi connectivity index (χ1) is 8.02. The largest absolute Gasteiger partial charge is 0.355 e. The zero-order valence-electron chi connectivity index (χ0n) is 11.2. The fourth-order valence-electron chi connectivity index (χ4n) is 1.87. The first-order valence-corrected chi connectivity index (χ1v) is 6.04. The van der Waals surface area contributed by atoms with Crippen LogP contribution in [0.5, 0.6) is 0 Å². The molecule has 94 valence electrons. The van der Waals surface area contributed by atoms with Gasteiger partial charge in [-0.3, -0.25) is 9.69 Å². The topological polar surface area (TPSA) is 32.3 Å². The standard InChI is InChI=1S/C14H22N2O/c1-5-15-14(17)10-16(4)9-13-7-6-11(2)8-12(13)3/h6-8H,5,9-10H2,1-4H3,(H,15,17). The Balaban J connectivity index is 2.55. The van der Waals surface area contributed by atoms with Crippen LogP contribution in [0.4, 0.5) is 0 Å². The molecule has 0 aromatic heterocycles. The van der Waals surface area contributed by atoms with E-state index in [0.717, 1.165) is 6.54 Å². The van der Waals surface area contributed by atoms with Gasteiger partial charge in [0.2, 0.25) is 5.91 Å². The highest BCUT2D eigenvalue weighted by Crippen LogP contribution is 2.12. The number of amides is 1. The van der Waals surface area contributed by atoms with Gasteiger partial charge in [0.05, 0.1) is 6.54 Å². The maximum Gasteiger partial charge on any atom is 0.234 e. The van der Waals surface area contributed by atoms with E-state index in [0.29, 0.717) is 13.1 Å². The molecule has 1 N–H and O–H groups in total. The summed E-state index contributed by atoms with van der Waals surface area (Å²) >= 11 is 0. The number of hydrogen-bond donors (Lipinski definition) is 1. The highest BCUT2D eigenvalue weighted by atomic mass is 16.1. The van der Waals surface area contributed by atoms with Crippen molar-refractivity contribution in [3.8, 4) is 0 Å². The van der Waals surface area contributed by atoms with E-state index in [-0.39, 0.29) is 5.91 Å². The minimum Gasteiger partial charge on any atom is -0.355 e. The molecule has 0 spiro atoms. The van der Waals surface area contributed by atoms with Crippen LogP contribution in [0.15, 0.2) is 18.2 Å². The molecule has 3 nitrogen and oxygen atoms in total. The Morgan fingerprint density at radius 1 is 1.35 bits per heavy atom. The average Bonchev–Trinajstić information content (AvgIpc) is 2.22. The average molecular weight is 234 g/mol. The molecule has 1 amide bonds. The third-order valence-corrected chi connectivity index (χ3v) is 2.73. The van der Waals surface area contributed by atoms with E-state index in [4.69, 9.17) is 0 Å². The van der Waals surface area contributed by atoms with Crippen molar-refractivity contribution in [1.29, 1.82) is 0 Å². The van der Waals surface area contributed by atoms with E-state index in [9.17, 15) is 4.79 Å². The molecular formula is C14H22N2O. The second-order valence-corrected chi connectivity index (χ2v) is 4.56. The Morgan fingerprint density at radius 2 is 2.06 bits per heavy atom. The first kappa shape index (κ1) is 13.7. The van der Waals surface area contributed by atoms with Gasteiger partial charge in [-0.15, -0.1) is 0 Å². The summed E-state index contributed by atoms with van der Waals surface area (Å²) in [7, 11) is 1.97. The van der Waals surface area contributed by atoms with Crippen LogP contribution >= 0.6 is 0 Å². The van der Waals surface area contributed by atoms with Crippen molar-refractivity contribution in [1.82, 2.24) is 10.2 Å². The zero-order valence-corrected chi connectivity index (χ0v) is 11.2. The van der Waals surface area contributed by atoms with Gasteiger partial charge in [0.25, 0.3) is 0 Å². The summed E-state index contributed by atoms with van der Waals surface area (Å²) < 4.78 is 0. The van der Waals surface area contributed by atoms with Crippen LogP contribution in [-0.4, -0.2) is 30.9 Å². The van der Waals surface area contributed by atoms with Crippen LogP contribution in [0.1, 0.15) is 23.6 Å². The predicted octanol–water partition coefficient (Wildman–Crippen LogP) is 1.87. The Kier molecular flexibility index (Phi) is 5.16. The predicted molar refractivity (Wildman–Crippen MR) is 70.9 cm³/mol. The third kappa shape index (κ3) is 4.57. The van der Waals surface area contributed by atoms with E-state index in [1.807, 2.05) is 18.9 Å². The number of benzene rings is 1. The lowest BCUT2D eigenvalue weighted by Crippen LogP contribution is -2.34. The Labute approximate surface area is 104 Å². The minimum atomic E-state index is 0.0831. The van der Waals surface area contributed by atoms with Crippen LogP contribution in [0.25, 0.3) is 0 Å². The van der Waals surface area contributed by atoms with Gasteiger partial charge in [0, 0.05) is 13.1 Å². The van der Waals surface area contributed by atoms with Gasteiger partial charge in [0.1, 0.15) is 0 Å². The molecule has 0 aliphatic rings. The second-order valence-electron chi connectivity index (χ2n) is 4.56. The Bertz CT molecular complexity index is 388. The third-order valence-electron chi connectivity index (χ3n) is 2.73. The van der Waals surface area contributed by atoms with Crippen molar-refractivity contribution >= 4 is 5.91 Å². The molecule has 1 aromatic rings. The van der Waals surface area contributed by atoms with Crippen LogP contribution in [0.2, 0.25) is 0 Å². The molecule has 17 heavy (non-hydrogen) atoms. The summed E-state index contributed by atoms with van der Waals surface area (Å²) in [6, 6.07) is 6.43. The van der Waals surface area contributed by atoms with Crippen molar-refractivity contribution in [2.45, 2.75) is 27.3 Å². The lowest BCUT2D eigenvalue weighted by molar-refractivity contribution is -0.121. The lowest BCUT2D eigenvalue weighted by Gasteiger charge is -2.17. The molecule has 0 bridgehead atoms. The molecule has 0 saturated carbocycles. The highest BCUT2D eigenvalue weighted by Gasteiger charge is 2.07. The summed E-state index contributed by atoms with van der Waals surface area (Å²) in [5, 5.41) is 2.81. The van der Waals surface area contributed by atoms with Gasteiger partial charge in [-0.1, -0.05) is 23.8 Å². The molecule has 0 fully saturated rings. The molecule has 0 aliphatic carbocycles. The number of rotatable bonds is 5. The minimum absolute atomic E-state index is 0.0831. The number of aryl methyl sites for hydroxylation is 2. The molecule has 0 radical (unpaired) electrons. The molecule has 1 aromatic carbocycles. The number of likely N-dealkylation sites (N-methyl/N-ethyl adjacent to an activating group) is 2. The Morgan fingerprint density at radius 3 is 2.65 bits per heavy atom. The van der Waals surface area contributed by atoms with Crippen molar-refractivity contribution in [2.75, 3.05) is 20.1 Å². The van der Waals surface area contributed by atoms with E-state index in [1.54, 1.807) is 0 Å². The second kappa shape index (κ2) is 6.40. The van der Waals surface area contributed by atoms with E-state index in [1.165, 1.54) is 16.7 Å². The summed E-state index contributed by atoms with van der Waals surface area (Å²) in [6.45, 7) is 8.08. The normalized spacial score (nSPS) is 10.6. The fraction of sp³-hybridized carbons (Fsp3) is 0.500. The lowest BCUT2D eigenvalue weighted by atomic mass is 10.1. The fourth-order valence-corrected chi connectivity index (χ4v) is 1.87. The summed E-state index contributed by atoms with van der Waals surface area (Å²) in [4.78, 5) is 13.5. The van der Waals surface area contributed by atoms with Gasteiger partial charge >= 0.3 is 0 Å². The van der Waals surface area contributed by atoms with Gasteiger partial charge in [0.15, 0.2) is 0 Å². The highest BCUT2D eigenvalue weighted by molar-refractivity contribution is 5.77.